The van der Waals surface area contributed by atoms with E-state index in [4.69, 9.17) is 0 Å². The summed E-state index contributed by atoms with van der Waals surface area (Å²) in [6, 6.07) is 10.7. The molecule has 0 spiro atoms. The Morgan fingerprint density at radius 3 is 2.67 bits per heavy atom. The summed E-state index contributed by atoms with van der Waals surface area (Å²) in [5, 5.41) is 7.20. The summed E-state index contributed by atoms with van der Waals surface area (Å²) in [7, 11) is 2.14. The molecule has 0 saturated carbocycles. The maximum absolute atomic E-state index is 12.7. The van der Waals surface area contributed by atoms with Crippen molar-refractivity contribution in [2.75, 3.05) is 26.7 Å². The minimum absolute atomic E-state index is 0.240. The third-order valence-corrected chi connectivity index (χ3v) is 5.05. The molecule has 1 aromatic heterocycles. The molecule has 2 aromatic rings. The molecule has 5 heteroatoms. The summed E-state index contributed by atoms with van der Waals surface area (Å²) in [6.07, 6.45) is 1.31. The summed E-state index contributed by atoms with van der Waals surface area (Å²) in [5.74, 6) is 0.240. The number of nitrogens with zero attached hydrogens (tertiary/aromatic N) is 3. The average Bonchev–Trinajstić information content (AvgIpc) is 2.92. The molecular weight excluding hydrogens is 300 g/mol. The maximum atomic E-state index is 12.7. The highest BCUT2D eigenvalue weighted by Crippen LogP contribution is 2.24. The number of nitrogens with one attached hydrogen (secondary N) is 1. The van der Waals surface area contributed by atoms with Crippen LogP contribution < -0.4 is 0 Å². The highest BCUT2D eigenvalue weighted by atomic mass is 16.2. The zero-order valence-electron chi connectivity index (χ0n) is 14.7. The molecule has 1 atom stereocenters. The van der Waals surface area contributed by atoms with Crippen LogP contribution in [0.3, 0.4) is 0 Å². The summed E-state index contributed by atoms with van der Waals surface area (Å²) in [5.41, 5.74) is 4.53. The first-order valence-corrected chi connectivity index (χ1v) is 8.59. The Labute approximate surface area is 143 Å². The van der Waals surface area contributed by atoms with E-state index in [1.165, 1.54) is 11.1 Å². The van der Waals surface area contributed by atoms with Gasteiger partial charge in [-0.3, -0.25) is 14.8 Å². The first-order valence-electron chi connectivity index (χ1n) is 8.59. The smallest absolute Gasteiger partial charge is 0.223 e. The normalized spacial score (nSPS) is 18.8. The number of hydrogen-bond donors (Lipinski definition) is 1. The van der Waals surface area contributed by atoms with Crippen LogP contribution in [0.5, 0.6) is 0 Å². The molecule has 1 aliphatic rings. The van der Waals surface area contributed by atoms with Gasteiger partial charge in [-0.25, -0.2) is 0 Å². The molecule has 0 unspecified atom stereocenters. The van der Waals surface area contributed by atoms with Gasteiger partial charge in [0.25, 0.3) is 0 Å². The number of aryl methyl sites for hydroxylation is 2. The van der Waals surface area contributed by atoms with E-state index in [0.29, 0.717) is 6.42 Å². The van der Waals surface area contributed by atoms with E-state index in [0.717, 1.165) is 37.4 Å². The zero-order chi connectivity index (χ0) is 17.1. The lowest BCUT2D eigenvalue weighted by Crippen LogP contribution is -2.49. The van der Waals surface area contributed by atoms with Gasteiger partial charge in [-0.2, -0.15) is 5.10 Å². The third-order valence-electron chi connectivity index (χ3n) is 5.05. The van der Waals surface area contributed by atoms with E-state index in [9.17, 15) is 4.79 Å². The van der Waals surface area contributed by atoms with Crippen molar-refractivity contribution in [2.24, 2.45) is 0 Å². The number of aromatic amines is 1. The summed E-state index contributed by atoms with van der Waals surface area (Å²) in [6.45, 7) is 6.49. The summed E-state index contributed by atoms with van der Waals surface area (Å²) in [4.78, 5) is 17.0. The van der Waals surface area contributed by atoms with Gasteiger partial charge in [-0.1, -0.05) is 30.3 Å². The molecule has 3 rings (SSSR count). The van der Waals surface area contributed by atoms with Crippen LogP contribution in [0.15, 0.2) is 30.3 Å². The van der Waals surface area contributed by atoms with Gasteiger partial charge in [-0.05, 0) is 38.4 Å². The lowest BCUT2D eigenvalue weighted by molar-refractivity contribution is -0.134. The second kappa shape index (κ2) is 7.18. The molecule has 24 heavy (non-hydrogen) atoms. The largest absolute Gasteiger partial charge is 0.339 e. The SMILES string of the molecule is Cc1n[nH]c(C)c1CCC(=O)N1CCN(C)[C@H](c2ccccc2)C1. The van der Waals surface area contributed by atoms with Gasteiger partial charge in [0.15, 0.2) is 0 Å². The highest BCUT2D eigenvalue weighted by Gasteiger charge is 2.28. The molecule has 0 aliphatic carbocycles. The van der Waals surface area contributed by atoms with Crippen molar-refractivity contribution in [3.8, 4) is 0 Å². The number of H-pyrrole nitrogens is 1. The Morgan fingerprint density at radius 2 is 2.00 bits per heavy atom. The van der Waals surface area contributed by atoms with Crippen LogP contribution in [0.4, 0.5) is 0 Å². The summed E-state index contributed by atoms with van der Waals surface area (Å²) < 4.78 is 0. The van der Waals surface area contributed by atoms with Crippen LogP contribution in [0.25, 0.3) is 0 Å². The first-order chi connectivity index (χ1) is 11.6. The van der Waals surface area contributed by atoms with E-state index >= 15 is 0 Å². The number of carbonyl (C=O) groups excluding carboxylic acids is 1. The van der Waals surface area contributed by atoms with E-state index in [1.807, 2.05) is 24.8 Å². The Hall–Kier alpha value is -2.14. The second-order valence-corrected chi connectivity index (χ2v) is 6.66. The van der Waals surface area contributed by atoms with Crippen LogP contribution in [0.2, 0.25) is 0 Å². The molecule has 0 bridgehead atoms. The Kier molecular flexibility index (Phi) is 5.00. The number of hydrogen-bond acceptors (Lipinski definition) is 3. The maximum Gasteiger partial charge on any atom is 0.223 e. The van der Waals surface area contributed by atoms with Gasteiger partial charge in [0.05, 0.1) is 11.7 Å². The van der Waals surface area contributed by atoms with E-state index < -0.39 is 0 Å². The van der Waals surface area contributed by atoms with Crippen LogP contribution in [-0.2, 0) is 11.2 Å². The van der Waals surface area contributed by atoms with Gasteiger partial charge in [0.2, 0.25) is 5.91 Å². The van der Waals surface area contributed by atoms with Gasteiger partial charge in [0, 0.05) is 31.7 Å². The van der Waals surface area contributed by atoms with Crippen molar-refractivity contribution in [1.82, 2.24) is 20.0 Å². The standard InChI is InChI=1S/C19H26N4O/c1-14-17(15(2)21-20-14)9-10-19(24)23-12-11-22(3)18(13-23)16-7-5-4-6-8-16/h4-8,18H,9-13H2,1-3H3,(H,20,21)/t18-/m0/s1. The van der Waals surface area contributed by atoms with Gasteiger partial charge >= 0.3 is 0 Å². The molecule has 5 nitrogen and oxygen atoms in total. The average molecular weight is 326 g/mol. The van der Waals surface area contributed by atoms with Gasteiger partial charge < -0.3 is 4.90 Å². The van der Waals surface area contributed by atoms with Crippen molar-refractivity contribution >= 4 is 5.91 Å². The monoisotopic (exact) mass is 326 g/mol. The quantitative estimate of drug-likeness (QED) is 0.939. The predicted octanol–water partition coefficient (Wildman–Crippen LogP) is 2.47. The first kappa shape index (κ1) is 16.7. The minimum atomic E-state index is 0.240. The fraction of sp³-hybridized carbons (Fsp3) is 0.474. The molecule has 1 saturated heterocycles. The van der Waals surface area contributed by atoms with Crippen LogP contribution in [-0.4, -0.2) is 52.6 Å². The number of amides is 1. The zero-order valence-corrected chi connectivity index (χ0v) is 14.7. The molecule has 0 radical (unpaired) electrons. The van der Waals surface area contributed by atoms with Crippen LogP contribution in [0, 0.1) is 13.8 Å². The molecule has 1 amide bonds. The Morgan fingerprint density at radius 1 is 1.25 bits per heavy atom. The van der Waals surface area contributed by atoms with Crippen molar-refractivity contribution in [1.29, 1.82) is 0 Å². The topological polar surface area (TPSA) is 52.2 Å². The third kappa shape index (κ3) is 3.51. The molecule has 2 heterocycles. The summed E-state index contributed by atoms with van der Waals surface area (Å²) >= 11 is 0. The van der Waals surface area contributed by atoms with Gasteiger partial charge in [0.1, 0.15) is 0 Å². The number of likely N-dealkylation sites (N-methyl/N-ethyl adjacent to an activating group) is 1. The second-order valence-electron chi connectivity index (χ2n) is 6.66. The molecular formula is C19H26N4O. The molecule has 1 aromatic carbocycles. The molecule has 1 N–H and O–H groups in total. The Bertz CT molecular complexity index is 675. The van der Waals surface area contributed by atoms with E-state index in [-0.39, 0.29) is 11.9 Å². The Balaban J connectivity index is 1.63. The van der Waals surface area contributed by atoms with Crippen molar-refractivity contribution < 1.29 is 4.79 Å². The van der Waals surface area contributed by atoms with Crippen molar-refractivity contribution in [3.05, 3.63) is 52.8 Å². The lowest BCUT2D eigenvalue weighted by atomic mass is 10.0. The fourth-order valence-electron chi connectivity index (χ4n) is 3.47. The highest BCUT2D eigenvalue weighted by molar-refractivity contribution is 5.76. The molecule has 1 aliphatic heterocycles. The number of rotatable bonds is 4. The van der Waals surface area contributed by atoms with Gasteiger partial charge in [-0.15, -0.1) is 0 Å². The number of piperazine rings is 1. The molecule has 1 fully saturated rings. The molecule has 128 valence electrons. The van der Waals surface area contributed by atoms with E-state index in [1.54, 1.807) is 0 Å². The fourth-order valence-corrected chi connectivity index (χ4v) is 3.47. The van der Waals surface area contributed by atoms with Crippen LogP contribution >= 0.6 is 0 Å². The van der Waals surface area contributed by atoms with Crippen LogP contribution in [0.1, 0.15) is 35.0 Å². The minimum Gasteiger partial charge on any atom is -0.339 e. The predicted molar refractivity (Wildman–Crippen MR) is 94.8 cm³/mol. The number of aromatic nitrogens is 2. The number of carbonyl (C=O) groups is 1. The van der Waals surface area contributed by atoms with E-state index in [2.05, 4.69) is 46.4 Å². The van der Waals surface area contributed by atoms with Crippen molar-refractivity contribution in [3.63, 3.8) is 0 Å². The number of benzene rings is 1. The lowest BCUT2D eigenvalue weighted by Gasteiger charge is -2.39. The van der Waals surface area contributed by atoms with Crippen molar-refractivity contribution in [2.45, 2.75) is 32.7 Å².